The van der Waals surface area contributed by atoms with Gasteiger partial charge in [-0.1, -0.05) is 31.5 Å². The zero-order valence-electron chi connectivity index (χ0n) is 13.7. The molecule has 4 heteroatoms. The Morgan fingerprint density at radius 1 is 1.13 bits per heavy atom. The molecule has 0 fully saturated rings. The molecule has 2 aromatic carbocycles. The maximum Gasteiger partial charge on any atom is 0.171 e. The highest BCUT2D eigenvalue weighted by molar-refractivity contribution is 7.80. The van der Waals surface area contributed by atoms with Crippen molar-refractivity contribution in [2.45, 2.75) is 39.7 Å². The molecule has 23 heavy (non-hydrogen) atoms. The van der Waals surface area contributed by atoms with E-state index in [1.165, 1.54) is 30.5 Å². The highest BCUT2D eigenvalue weighted by atomic mass is 32.1. The molecule has 0 atom stereocenters. The van der Waals surface area contributed by atoms with Crippen LogP contribution in [0.5, 0.6) is 0 Å². The first-order valence-electron chi connectivity index (χ1n) is 7.97. The summed E-state index contributed by atoms with van der Waals surface area (Å²) in [7, 11) is 0. The van der Waals surface area contributed by atoms with Crippen LogP contribution in [-0.2, 0) is 13.0 Å². The number of aryl methyl sites for hydroxylation is 2. The van der Waals surface area contributed by atoms with Gasteiger partial charge in [-0.2, -0.15) is 0 Å². The van der Waals surface area contributed by atoms with Gasteiger partial charge in [0.1, 0.15) is 5.82 Å². The monoisotopic (exact) mass is 330 g/mol. The van der Waals surface area contributed by atoms with Gasteiger partial charge in [0.25, 0.3) is 0 Å². The molecule has 0 unspecified atom stereocenters. The Balaban J connectivity index is 1.85. The van der Waals surface area contributed by atoms with Gasteiger partial charge in [0.2, 0.25) is 0 Å². The minimum absolute atomic E-state index is 0.228. The Morgan fingerprint density at radius 3 is 2.57 bits per heavy atom. The molecule has 0 aliphatic heterocycles. The number of unbranched alkanes of at least 4 members (excludes halogenated alkanes) is 1. The lowest BCUT2D eigenvalue weighted by Crippen LogP contribution is -2.28. The zero-order chi connectivity index (χ0) is 16.7. The average Bonchev–Trinajstić information content (AvgIpc) is 2.55. The van der Waals surface area contributed by atoms with Crippen LogP contribution in [0.25, 0.3) is 0 Å². The Morgan fingerprint density at radius 2 is 1.87 bits per heavy atom. The predicted molar refractivity (Wildman–Crippen MR) is 99.3 cm³/mol. The quantitative estimate of drug-likeness (QED) is 0.732. The lowest BCUT2D eigenvalue weighted by molar-refractivity contribution is 0.624. The lowest BCUT2D eigenvalue weighted by atomic mass is 10.1. The number of thiocarbonyl (C=S) groups is 1. The summed E-state index contributed by atoms with van der Waals surface area (Å²) in [5.41, 5.74) is 4.25. The standard InChI is InChI=1S/C19H23FN2S/c1-3-4-5-15-7-10-18(11-8-15)22-19(23)21-13-16-12-17(20)9-6-14(16)2/h6-12H,3-5,13H2,1-2H3,(H2,21,22,23). The SMILES string of the molecule is CCCCc1ccc(NC(=S)NCc2cc(F)ccc2C)cc1. The number of hydrogen-bond donors (Lipinski definition) is 2. The lowest BCUT2D eigenvalue weighted by Gasteiger charge is -2.12. The van der Waals surface area contributed by atoms with Gasteiger partial charge in [-0.15, -0.1) is 0 Å². The molecular formula is C19H23FN2S. The third-order valence-electron chi connectivity index (χ3n) is 3.78. The first-order chi connectivity index (χ1) is 11.1. The first kappa shape index (κ1) is 17.4. The second-order valence-corrected chi connectivity index (χ2v) is 6.09. The van der Waals surface area contributed by atoms with Crippen molar-refractivity contribution in [1.82, 2.24) is 5.32 Å². The topological polar surface area (TPSA) is 24.1 Å². The average molecular weight is 330 g/mol. The smallest absolute Gasteiger partial charge is 0.171 e. The first-order valence-corrected chi connectivity index (χ1v) is 8.38. The van der Waals surface area contributed by atoms with Crippen molar-refractivity contribution in [2.75, 3.05) is 5.32 Å². The number of nitrogens with one attached hydrogen (secondary N) is 2. The van der Waals surface area contributed by atoms with Crippen molar-refractivity contribution < 1.29 is 4.39 Å². The maximum absolute atomic E-state index is 13.3. The summed E-state index contributed by atoms with van der Waals surface area (Å²) >= 11 is 5.30. The Labute approximate surface area is 143 Å². The van der Waals surface area contributed by atoms with Gasteiger partial charge >= 0.3 is 0 Å². The van der Waals surface area contributed by atoms with E-state index in [9.17, 15) is 4.39 Å². The summed E-state index contributed by atoms with van der Waals surface area (Å²) in [4.78, 5) is 0. The van der Waals surface area contributed by atoms with Gasteiger partial charge in [0, 0.05) is 12.2 Å². The van der Waals surface area contributed by atoms with Gasteiger partial charge in [-0.05, 0) is 72.9 Å². The van der Waals surface area contributed by atoms with Gasteiger partial charge in [0.15, 0.2) is 5.11 Å². The van der Waals surface area contributed by atoms with Gasteiger partial charge < -0.3 is 10.6 Å². The molecule has 0 saturated carbocycles. The maximum atomic E-state index is 13.3. The molecule has 0 amide bonds. The van der Waals surface area contributed by atoms with Crippen LogP contribution in [0.4, 0.5) is 10.1 Å². The van der Waals surface area contributed by atoms with Gasteiger partial charge in [-0.3, -0.25) is 0 Å². The summed E-state index contributed by atoms with van der Waals surface area (Å²) in [6, 6.07) is 13.1. The van der Waals surface area contributed by atoms with Gasteiger partial charge in [0.05, 0.1) is 0 Å². The second kappa shape index (κ2) is 8.63. The summed E-state index contributed by atoms with van der Waals surface area (Å²) in [6.07, 6.45) is 3.52. The molecule has 122 valence electrons. The minimum Gasteiger partial charge on any atom is -0.358 e. The summed E-state index contributed by atoms with van der Waals surface area (Å²) < 4.78 is 13.3. The fourth-order valence-corrected chi connectivity index (χ4v) is 2.51. The van der Waals surface area contributed by atoms with Crippen molar-refractivity contribution >= 4 is 23.0 Å². The molecule has 2 nitrogen and oxygen atoms in total. The molecular weight excluding hydrogens is 307 g/mol. The molecule has 0 aliphatic rings. The van der Waals surface area contributed by atoms with Crippen LogP contribution < -0.4 is 10.6 Å². The van der Waals surface area contributed by atoms with E-state index < -0.39 is 0 Å². The van der Waals surface area contributed by atoms with Crippen LogP contribution >= 0.6 is 12.2 Å². The largest absolute Gasteiger partial charge is 0.358 e. The molecule has 0 bridgehead atoms. The minimum atomic E-state index is -0.228. The van der Waals surface area contributed by atoms with E-state index in [1.807, 2.05) is 19.1 Å². The number of hydrogen-bond acceptors (Lipinski definition) is 1. The summed E-state index contributed by atoms with van der Waals surface area (Å²) in [6.45, 7) is 4.66. The molecule has 2 rings (SSSR count). The molecule has 2 aromatic rings. The normalized spacial score (nSPS) is 10.4. The highest BCUT2D eigenvalue weighted by Gasteiger charge is 2.03. The molecule has 2 N–H and O–H groups in total. The number of anilines is 1. The Bertz CT molecular complexity index is 653. The van der Waals surface area contributed by atoms with E-state index in [1.54, 1.807) is 6.07 Å². The van der Waals surface area contributed by atoms with E-state index in [0.717, 1.165) is 23.2 Å². The van der Waals surface area contributed by atoms with Crippen LogP contribution in [-0.4, -0.2) is 5.11 Å². The van der Waals surface area contributed by atoms with Crippen molar-refractivity contribution in [2.24, 2.45) is 0 Å². The van der Waals surface area contributed by atoms with E-state index in [4.69, 9.17) is 12.2 Å². The van der Waals surface area contributed by atoms with Crippen LogP contribution in [0.1, 0.15) is 36.5 Å². The molecule has 0 aliphatic carbocycles. The van der Waals surface area contributed by atoms with Crippen molar-refractivity contribution in [3.63, 3.8) is 0 Å². The Hall–Kier alpha value is -1.94. The van der Waals surface area contributed by atoms with E-state index in [-0.39, 0.29) is 5.82 Å². The Kier molecular flexibility index (Phi) is 6.53. The van der Waals surface area contributed by atoms with Crippen LogP contribution in [0.3, 0.4) is 0 Å². The number of rotatable bonds is 6. The molecule has 0 spiro atoms. The predicted octanol–water partition coefficient (Wildman–Crippen LogP) is 4.96. The van der Waals surface area contributed by atoms with Crippen molar-refractivity contribution in [1.29, 1.82) is 0 Å². The second-order valence-electron chi connectivity index (χ2n) is 5.68. The van der Waals surface area contributed by atoms with Crippen LogP contribution in [0, 0.1) is 12.7 Å². The molecule has 0 heterocycles. The molecule has 0 saturated heterocycles. The summed E-state index contributed by atoms with van der Waals surface area (Å²) in [5.74, 6) is -0.228. The third kappa shape index (κ3) is 5.64. The summed E-state index contributed by atoms with van der Waals surface area (Å²) in [5, 5.41) is 6.81. The number of halogens is 1. The van der Waals surface area contributed by atoms with Gasteiger partial charge in [-0.25, -0.2) is 4.39 Å². The fourth-order valence-electron chi connectivity index (χ4n) is 2.32. The highest BCUT2D eigenvalue weighted by Crippen LogP contribution is 2.12. The van der Waals surface area contributed by atoms with E-state index in [2.05, 4.69) is 29.7 Å². The fraction of sp³-hybridized carbons (Fsp3) is 0.316. The van der Waals surface area contributed by atoms with Crippen molar-refractivity contribution in [3.8, 4) is 0 Å². The molecule has 0 aromatic heterocycles. The van der Waals surface area contributed by atoms with E-state index >= 15 is 0 Å². The van der Waals surface area contributed by atoms with E-state index in [0.29, 0.717) is 11.7 Å². The van der Waals surface area contributed by atoms with Crippen LogP contribution in [0.15, 0.2) is 42.5 Å². The number of benzene rings is 2. The van der Waals surface area contributed by atoms with Crippen LogP contribution in [0.2, 0.25) is 0 Å². The zero-order valence-corrected chi connectivity index (χ0v) is 14.5. The molecule has 0 radical (unpaired) electrons. The van der Waals surface area contributed by atoms with Crippen molar-refractivity contribution in [3.05, 3.63) is 65.0 Å². The third-order valence-corrected chi connectivity index (χ3v) is 4.03.